The van der Waals surface area contributed by atoms with Crippen LogP contribution in [0, 0.1) is 0 Å². The molecule has 1 aromatic carbocycles. The molecule has 5 nitrogen and oxygen atoms in total. The molecule has 1 aliphatic heterocycles. The van der Waals surface area contributed by atoms with Crippen LogP contribution in [0.25, 0.3) is 6.08 Å². The molecule has 0 unspecified atom stereocenters. The average molecular weight is 332 g/mol. The lowest BCUT2D eigenvalue weighted by Crippen LogP contribution is -2.37. The number of rotatable bonds is 8. The van der Waals surface area contributed by atoms with Gasteiger partial charge in [-0.25, -0.2) is 0 Å². The second-order valence-electron chi connectivity index (χ2n) is 6.05. The van der Waals surface area contributed by atoms with Gasteiger partial charge in [-0.3, -0.25) is 4.79 Å². The lowest BCUT2D eigenvalue weighted by molar-refractivity contribution is -0.116. The molecular formula is C19H28N2O3. The van der Waals surface area contributed by atoms with Gasteiger partial charge in [-0.1, -0.05) is 12.1 Å². The summed E-state index contributed by atoms with van der Waals surface area (Å²) in [7, 11) is 0. The summed E-state index contributed by atoms with van der Waals surface area (Å²) in [6, 6.07) is 7.66. The summed E-state index contributed by atoms with van der Waals surface area (Å²) in [5.41, 5.74) is 0.973. The number of carbonyl (C=O) groups is 1. The van der Waals surface area contributed by atoms with Crippen LogP contribution in [-0.4, -0.2) is 54.8 Å². The lowest BCUT2D eigenvalue weighted by Gasteiger charge is -2.29. The molecule has 0 saturated carbocycles. The molecule has 2 N–H and O–H groups in total. The quantitative estimate of drug-likeness (QED) is 0.565. The predicted molar refractivity (Wildman–Crippen MR) is 96.0 cm³/mol. The molecule has 0 radical (unpaired) electrons. The molecule has 132 valence electrons. The Kier molecular flexibility index (Phi) is 7.79. The Morgan fingerprint density at radius 3 is 2.71 bits per heavy atom. The van der Waals surface area contributed by atoms with Crippen LogP contribution in [0.1, 0.15) is 31.7 Å². The van der Waals surface area contributed by atoms with Crippen molar-refractivity contribution in [3.63, 3.8) is 0 Å². The van der Waals surface area contributed by atoms with Crippen molar-refractivity contribution >= 4 is 12.0 Å². The highest BCUT2D eigenvalue weighted by atomic mass is 16.5. The van der Waals surface area contributed by atoms with Gasteiger partial charge in [0.2, 0.25) is 5.91 Å². The number of ether oxygens (including phenoxy) is 1. The SMILES string of the molecule is CCOc1ccc(/C=C/C(=O)NCCCN2CCC(O)CC2)cc1. The van der Waals surface area contributed by atoms with Crippen molar-refractivity contribution in [2.45, 2.75) is 32.3 Å². The van der Waals surface area contributed by atoms with Crippen molar-refractivity contribution < 1.29 is 14.6 Å². The van der Waals surface area contributed by atoms with E-state index in [1.165, 1.54) is 0 Å². The van der Waals surface area contributed by atoms with Gasteiger partial charge in [-0.15, -0.1) is 0 Å². The number of piperidine rings is 1. The van der Waals surface area contributed by atoms with Crippen LogP contribution in [0.4, 0.5) is 0 Å². The zero-order valence-electron chi connectivity index (χ0n) is 14.4. The number of carbonyl (C=O) groups excluding carboxylic acids is 1. The van der Waals surface area contributed by atoms with Gasteiger partial charge in [0.15, 0.2) is 0 Å². The van der Waals surface area contributed by atoms with Crippen LogP contribution >= 0.6 is 0 Å². The van der Waals surface area contributed by atoms with Gasteiger partial charge in [-0.05, 0) is 56.5 Å². The first kappa shape index (κ1) is 18.5. The fraction of sp³-hybridized carbons (Fsp3) is 0.526. The lowest BCUT2D eigenvalue weighted by atomic mass is 10.1. The molecule has 1 amide bonds. The monoisotopic (exact) mass is 332 g/mol. The highest BCUT2D eigenvalue weighted by Crippen LogP contribution is 2.13. The second kappa shape index (κ2) is 10.1. The number of aliphatic hydroxyl groups excluding tert-OH is 1. The van der Waals surface area contributed by atoms with E-state index in [1.807, 2.05) is 31.2 Å². The number of nitrogens with one attached hydrogen (secondary N) is 1. The highest BCUT2D eigenvalue weighted by Gasteiger charge is 2.15. The Morgan fingerprint density at radius 1 is 1.33 bits per heavy atom. The first-order valence-corrected chi connectivity index (χ1v) is 8.76. The summed E-state index contributed by atoms with van der Waals surface area (Å²) in [4.78, 5) is 14.2. The maximum atomic E-state index is 11.8. The van der Waals surface area contributed by atoms with Crippen LogP contribution < -0.4 is 10.1 Å². The van der Waals surface area contributed by atoms with E-state index in [2.05, 4.69) is 10.2 Å². The van der Waals surface area contributed by atoms with Crippen LogP contribution in [-0.2, 0) is 4.79 Å². The Labute approximate surface area is 144 Å². The Hall–Kier alpha value is -1.85. The minimum Gasteiger partial charge on any atom is -0.494 e. The molecule has 1 aliphatic rings. The van der Waals surface area contributed by atoms with E-state index in [9.17, 15) is 9.90 Å². The average Bonchev–Trinajstić information content (AvgIpc) is 2.60. The van der Waals surface area contributed by atoms with E-state index in [0.717, 1.165) is 50.2 Å². The van der Waals surface area contributed by atoms with Gasteiger partial charge in [0, 0.05) is 25.7 Å². The van der Waals surface area contributed by atoms with Crippen LogP contribution in [0.2, 0.25) is 0 Å². The Morgan fingerprint density at radius 2 is 2.04 bits per heavy atom. The molecule has 1 saturated heterocycles. The van der Waals surface area contributed by atoms with E-state index in [0.29, 0.717) is 13.2 Å². The van der Waals surface area contributed by atoms with E-state index in [-0.39, 0.29) is 12.0 Å². The molecule has 5 heteroatoms. The molecule has 24 heavy (non-hydrogen) atoms. The largest absolute Gasteiger partial charge is 0.494 e. The minimum absolute atomic E-state index is 0.0713. The summed E-state index contributed by atoms with van der Waals surface area (Å²) in [5.74, 6) is 0.766. The van der Waals surface area contributed by atoms with Gasteiger partial charge < -0.3 is 20.1 Å². The third-order valence-electron chi connectivity index (χ3n) is 4.13. The predicted octanol–water partition coefficient (Wildman–Crippen LogP) is 2.06. The molecule has 1 heterocycles. The molecule has 0 bridgehead atoms. The van der Waals surface area contributed by atoms with E-state index >= 15 is 0 Å². The second-order valence-corrected chi connectivity index (χ2v) is 6.05. The zero-order valence-corrected chi connectivity index (χ0v) is 14.4. The smallest absolute Gasteiger partial charge is 0.243 e. The van der Waals surface area contributed by atoms with Crippen molar-refractivity contribution in [3.8, 4) is 5.75 Å². The van der Waals surface area contributed by atoms with Gasteiger partial charge in [0.1, 0.15) is 5.75 Å². The number of hydrogen-bond acceptors (Lipinski definition) is 4. The molecule has 2 rings (SSSR count). The van der Waals surface area contributed by atoms with E-state index < -0.39 is 0 Å². The zero-order chi connectivity index (χ0) is 17.2. The number of benzene rings is 1. The Bertz CT molecular complexity index is 520. The summed E-state index contributed by atoms with van der Waals surface area (Å²) in [6.07, 6.45) is 5.88. The molecule has 0 aliphatic carbocycles. The number of hydrogen-bond donors (Lipinski definition) is 2. The van der Waals surface area contributed by atoms with Crippen LogP contribution in [0.5, 0.6) is 5.75 Å². The van der Waals surface area contributed by atoms with Gasteiger partial charge in [0.05, 0.1) is 12.7 Å². The molecule has 1 fully saturated rings. The van der Waals surface area contributed by atoms with Crippen molar-refractivity contribution in [3.05, 3.63) is 35.9 Å². The fourth-order valence-electron chi connectivity index (χ4n) is 2.73. The first-order chi connectivity index (χ1) is 11.7. The molecular weight excluding hydrogens is 304 g/mol. The van der Waals surface area contributed by atoms with Crippen molar-refractivity contribution in [2.75, 3.05) is 32.8 Å². The molecule has 0 atom stereocenters. The molecule has 0 aromatic heterocycles. The van der Waals surface area contributed by atoms with Gasteiger partial charge >= 0.3 is 0 Å². The fourth-order valence-corrected chi connectivity index (χ4v) is 2.73. The van der Waals surface area contributed by atoms with Crippen LogP contribution in [0.15, 0.2) is 30.3 Å². The summed E-state index contributed by atoms with van der Waals surface area (Å²) >= 11 is 0. The summed E-state index contributed by atoms with van der Waals surface area (Å²) in [5, 5.41) is 12.4. The van der Waals surface area contributed by atoms with Gasteiger partial charge in [-0.2, -0.15) is 0 Å². The normalized spacial score (nSPS) is 16.4. The number of nitrogens with zero attached hydrogens (tertiary/aromatic N) is 1. The molecule has 0 spiro atoms. The van der Waals surface area contributed by atoms with Crippen molar-refractivity contribution in [2.24, 2.45) is 0 Å². The van der Waals surface area contributed by atoms with Crippen molar-refractivity contribution in [1.82, 2.24) is 10.2 Å². The highest BCUT2D eigenvalue weighted by molar-refractivity contribution is 5.91. The summed E-state index contributed by atoms with van der Waals surface area (Å²) < 4.78 is 5.39. The topological polar surface area (TPSA) is 61.8 Å². The first-order valence-electron chi connectivity index (χ1n) is 8.76. The minimum atomic E-state index is -0.131. The van der Waals surface area contributed by atoms with Crippen LogP contribution in [0.3, 0.4) is 0 Å². The maximum Gasteiger partial charge on any atom is 0.243 e. The van der Waals surface area contributed by atoms with E-state index in [1.54, 1.807) is 12.2 Å². The standard InChI is InChI=1S/C19H28N2O3/c1-2-24-18-7-4-16(5-8-18)6-9-19(23)20-12-3-13-21-14-10-17(22)11-15-21/h4-9,17,22H,2-3,10-15H2,1H3,(H,20,23)/b9-6+. The third kappa shape index (κ3) is 6.72. The summed E-state index contributed by atoms with van der Waals surface area (Å²) in [6.45, 7) is 6.14. The third-order valence-corrected chi connectivity index (χ3v) is 4.13. The number of aliphatic hydroxyl groups is 1. The van der Waals surface area contributed by atoms with Crippen molar-refractivity contribution in [1.29, 1.82) is 0 Å². The Balaban J connectivity index is 1.62. The number of likely N-dealkylation sites (tertiary alicyclic amines) is 1. The maximum absolute atomic E-state index is 11.8. The number of amides is 1. The van der Waals surface area contributed by atoms with Gasteiger partial charge in [0.25, 0.3) is 0 Å². The molecule has 1 aromatic rings. The van der Waals surface area contributed by atoms with E-state index in [4.69, 9.17) is 4.74 Å².